The number of nitro groups is 1. The molecule has 0 radical (unpaired) electrons. The van der Waals surface area contributed by atoms with Gasteiger partial charge in [-0.2, -0.15) is 0 Å². The molecule has 0 saturated heterocycles. The molecule has 0 spiro atoms. The molecule has 0 aromatic carbocycles. The lowest BCUT2D eigenvalue weighted by molar-refractivity contribution is -0.385. The number of hydrogen-bond donors (Lipinski definition) is 2. The summed E-state index contributed by atoms with van der Waals surface area (Å²) in [6, 6.07) is 1.28. The van der Waals surface area contributed by atoms with Gasteiger partial charge in [-0.25, -0.2) is 4.98 Å². The van der Waals surface area contributed by atoms with Crippen molar-refractivity contribution in [1.82, 2.24) is 15.6 Å². The maximum absolute atomic E-state index is 11.8. The van der Waals surface area contributed by atoms with E-state index in [-0.39, 0.29) is 29.2 Å². The predicted octanol–water partition coefficient (Wildman–Crippen LogP) is 0.652. The van der Waals surface area contributed by atoms with Crippen molar-refractivity contribution in [2.45, 2.75) is 18.9 Å². The molecule has 0 atom stereocenters. The van der Waals surface area contributed by atoms with Gasteiger partial charge in [0, 0.05) is 6.04 Å². The van der Waals surface area contributed by atoms with Crippen molar-refractivity contribution in [3.8, 4) is 0 Å². The Kier molecular flexibility index (Phi) is 4.14. The average molecular weight is 299 g/mol. The van der Waals surface area contributed by atoms with Gasteiger partial charge in [0.25, 0.3) is 11.6 Å². The number of carbonyl (C=O) groups is 2. The standard InChI is InChI=1S/C11H11ClN4O4/c12-9-3-7(8(4-13-9)16(19)20)11(18)14-5-10(17)15-6-1-2-6/h3-4,6H,1-2,5H2,(H,14,18)(H,15,17). The van der Waals surface area contributed by atoms with Gasteiger partial charge in [0.15, 0.2) is 0 Å². The molecule has 2 N–H and O–H groups in total. The molecule has 1 aromatic rings. The van der Waals surface area contributed by atoms with E-state index in [0.29, 0.717) is 0 Å². The lowest BCUT2D eigenvalue weighted by Crippen LogP contribution is -2.38. The third-order valence-electron chi connectivity index (χ3n) is 2.64. The van der Waals surface area contributed by atoms with Gasteiger partial charge in [0.2, 0.25) is 5.91 Å². The third-order valence-corrected chi connectivity index (χ3v) is 2.85. The van der Waals surface area contributed by atoms with Crippen LogP contribution in [0.15, 0.2) is 12.3 Å². The second kappa shape index (κ2) is 5.83. The van der Waals surface area contributed by atoms with E-state index < -0.39 is 16.5 Å². The molecule has 1 aliphatic carbocycles. The molecule has 2 amide bonds. The maximum atomic E-state index is 11.8. The number of nitrogens with zero attached hydrogens (tertiary/aromatic N) is 2. The largest absolute Gasteiger partial charge is 0.352 e. The Morgan fingerprint density at radius 2 is 2.20 bits per heavy atom. The van der Waals surface area contributed by atoms with E-state index in [2.05, 4.69) is 15.6 Å². The topological polar surface area (TPSA) is 114 Å². The molecular weight excluding hydrogens is 288 g/mol. The minimum Gasteiger partial charge on any atom is -0.352 e. The van der Waals surface area contributed by atoms with Crippen molar-refractivity contribution in [2.24, 2.45) is 0 Å². The summed E-state index contributed by atoms with van der Waals surface area (Å²) in [5, 5.41) is 15.7. The van der Waals surface area contributed by atoms with Crippen molar-refractivity contribution < 1.29 is 14.5 Å². The van der Waals surface area contributed by atoms with Gasteiger partial charge in [0.05, 0.1) is 11.5 Å². The number of amides is 2. The molecule has 0 unspecified atom stereocenters. The summed E-state index contributed by atoms with van der Waals surface area (Å²) in [4.78, 5) is 36.9. The van der Waals surface area contributed by atoms with Crippen molar-refractivity contribution in [3.05, 3.63) is 33.1 Å². The summed E-state index contributed by atoms with van der Waals surface area (Å²) >= 11 is 5.61. The normalized spacial score (nSPS) is 13.7. The van der Waals surface area contributed by atoms with Crippen LogP contribution in [-0.2, 0) is 4.79 Å². The SMILES string of the molecule is O=C(CNC(=O)c1cc(Cl)ncc1[N+](=O)[O-])NC1CC1. The first-order valence-corrected chi connectivity index (χ1v) is 6.22. The summed E-state index contributed by atoms with van der Waals surface area (Å²) in [7, 11) is 0. The zero-order chi connectivity index (χ0) is 14.7. The van der Waals surface area contributed by atoms with Crippen LogP contribution in [0.5, 0.6) is 0 Å². The lowest BCUT2D eigenvalue weighted by Gasteiger charge is -2.06. The van der Waals surface area contributed by atoms with E-state index >= 15 is 0 Å². The van der Waals surface area contributed by atoms with Gasteiger partial charge in [-0.1, -0.05) is 11.6 Å². The monoisotopic (exact) mass is 298 g/mol. The number of carbonyl (C=O) groups excluding carboxylic acids is 2. The molecule has 106 valence electrons. The van der Waals surface area contributed by atoms with Gasteiger partial charge in [0.1, 0.15) is 16.9 Å². The van der Waals surface area contributed by atoms with Crippen LogP contribution in [0.4, 0.5) is 5.69 Å². The molecule has 2 rings (SSSR count). The fraction of sp³-hybridized carbons (Fsp3) is 0.364. The summed E-state index contributed by atoms with van der Waals surface area (Å²) < 4.78 is 0. The Labute approximate surface area is 118 Å². The quantitative estimate of drug-likeness (QED) is 0.470. The highest BCUT2D eigenvalue weighted by molar-refractivity contribution is 6.29. The first-order chi connectivity index (χ1) is 9.47. The highest BCUT2D eigenvalue weighted by Gasteiger charge is 2.24. The lowest BCUT2D eigenvalue weighted by atomic mass is 10.2. The minimum absolute atomic E-state index is 0.0387. The summed E-state index contributed by atoms with van der Waals surface area (Å²) in [5.74, 6) is -1.07. The fourth-order valence-electron chi connectivity index (χ4n) is 1.51. The van der Waals surface area contributed by atoms with Gasteiger partial charge >= 0.3 is 0 Å². The van der Waals surface area contributed by atoms with E-state index in [1.165, 1.54) is 0 Å². The molecule has 1 saturated carbocycles. The third kappa shape index (κ3) is 3.64. The first-order valence-electron chi connectivity index (χ1n) is 5.85. The van der Waals surface area contributed by atoms with Crippen LogP contribution in [0.25, 0.3) is 0 Å². The Balaban J connectivity index is 2.02. The molecule has 8 nitrogen and oxygen atoms in total. The van der Waals surface area contributed by atoms with Crippen molar-refractivity contribution >= 4 is 29.1 Å². The number of rotatable bonds is 5. The van der Waals surface area contributed by atoms with E-state index in [1.54, 1.807) is 0 Å². The molecule has 1 heterocycles. The Bertz CT molecular complexity index is 574. The molecule has 0 aliphatic heterocycles. The number of aromatic nitrogens is 1. The summed E-state index contributed by atoms with van der Waals surface area (Å²) in [6.45, 7) is -0.244. The highest BCUT2D eigenvalue weighted by Crippen LogP contribution is 2.20. The minimum atomic E-state index is -0.744. The number of nitrogens with one attached hydrogen (secondary N) is 2. The number of hydrogen-bond acceptors (Lipinski definition) is 5. The van der Waals surface area contributed by atoms with Crippen LogP contribution in [0.2, 0.25) is 5.15 Å². The van der Waals surface area contributed by atoms with Crippen LogP contribution in [0.1, 0.15) is 23.2 Å². The Morgan fingerprint density at radius 1 is 1.50 bits per heavy atom. The summed E-state index contributed by atoms with van der Waals surface area (Å²) in [5.41, 5.74) is -0.691. The second-order valence-corrected chi connectivity index (χ2v) is 4.69. The fourth-order valence-corrected chi connectivity index (χ4v) is 1.67. The van der Waals surface area contributed by atoms with Crippen LogP contribution < -0.4 is 10.6 Å². The molecular formula is C11H11ClN4O4. The Morgan fingerprint density at radius 3 is 2.80 bits per heavy atom. The second-order valence-electron chi connectivity index (χ2n) is 4.31. The maximum Gasteiger partial charge on any atom is 0.300 e. The van der Waals surface area contributed by atoms with Crippen LogP contribution in [0.3, 0.4) is 0 Å². The molecule has 20 heavy (non-hydrogen) atoms. The van der Waals surface area contributed by atoms with Crippen molar-refractivity contribution in [1.29, 1.82) is 0 Å². The molecule has 1 aliphatic rings. The molecule has 1 aromatic heterocycles. The van der Waals surface area contributed by atoms with Crippen LogP contribution in [0, 0.1) is 10.1 Å². The number of pyridine rings is 1. The predicted molar refractivity (Wildman–Crippen MR) is 69.4 cm³/mol. The van der Waals surface area contributed by atoms with Gasteiger partial charge in [-0.3, -0.25) is 19.7 Å². The molecule has 9 heteroatoms. The van der Waals surface area contributed by atoms with E-state index in [4.69, 9.17) is 11.6 Å². The Hall–Kier alpha value is -2.22. The van der Waals surface area contributed by atoms with E-state index in [0.717, 1.165) is 25.1 Å². The van der Waals surface area contributed by atoms with Gasteiger partial charge < -0.3 is 10.6 Å². The average Bonchev–Trinajstić information content (AvgIpc) is 3.19. The van der Waals surface area contributed by atoms with Gasteiger partial charge in [-0.05, 0) is 18.9 Å². The van der Waals surface area contributed by atoms with E-state index in [1.807, 2.05) is 0 Å². The van der Waals surface area contributed by atoms with E-state index in [9.17, 15) is 19.7 Å². The van der Waals surface area contributed by atoms with Crippen LogP contribution >= 0.6 is 11.6 Å². The van der Waals surface area contributed by atoms with Crippen LogP contribution in [-0.4, -0.2) is 34.3 Å². The molecule has 0 bridgehead atoms. The zero-order valence-electron chi connectivity index (χ0n) is 10.3. The zero-order valence-corrected chi connectivity index (χ0v) is 11.0. The van der Waals surface area contributed by atoms with Crippen molar-refractivity contribution in [3.63, 3.8) is 0 Å². The first kappa shape index (κ1) is 14.2. The highest BCUT2D eigenvalue weighted by atomic mass is 35.5. The molecule has 1 fully saturated rings. The summed E-state index contributed by atoms with van der Waals surface area (Å²) in [6.07, 6.45) is 2.78. The smallest absolute Gasteiger partial charge is 0.300 e. The van der Waals surface area contributed by atoms with Crippen molar-refractivity contribution in [2.75, 3.05) is 6.54 Å². The van der Waals surface area contributed by atoms with Gasteiger partial charge in [-0.15, -0.1) is 0 Å². The number of halogens is 1.